The molecular formula is C22H28N2O2S. The minimum Gasteiger partial charge on any atom is -0.493 e. The molecule has 0 atom stereocenters. The molecule has 0 heterocycles. The first kappa shape index (κ1) is 19.5. The Morgan fingerprint density at radius 3 is 2.26 bits per heavy atom. The van der Waals surface area contributed by atoms with Crippen LogP contribution in [0.3, 0.4) is 0 Å². The summed E-state index contributed by atoms with van der Waals surface area (Å²) < 4.78 is 10.9. The summed E-state index contributed by atoms with van der Waals surface area (Å²) in [5.41, 5.74) is 3.33. The third-order valence-electron chi connectivity index (χ3n) is 5.37. The summed E-state index contributed by atoms with van der Waals surface area (Å²) >= 11 is 5.64. The van der Waals surface area contributed by atoms with Gasteiger partial charge in [-0.3, -0.25) is 0 Å². The van der Waals surface area contributed by atoms with Crippen molar-refractivity contribution in [3.8, 4) is 11.5 Å². The van der Waals surface area contributed by atoms with Crippen molar-refractivity contribution >= 4 is 23.0 Å². The average Bonchev–Trinajstić information content (AvgIpc) is 3.17. The van der Waals surface area contributed by atoms with Crippen molar-refractivity contribution < 1.29 is 9.47 Å². The Morgan fingerprint density at radius 1 is 1.00 bits per heavy atom. The van der Waals surface area contributed by atoms with Gasteiger partial charge in [0.2, 0.25) is 0 Å². The van der Waals surface area contributed by atoms with Gasteiger partial charge in [-0.05, 0) is 66.9 Å². The van der Waals surface area contributed by atoms with Crippen LogP contribution in [0.4, 0.5) is 5.69 Å². The van der Waals surface area contributed by atoms with Crippen molar-refractivity contribution in [2.75, 3.05) is 19.5 Å². The van der Waals surface area contributed by atoms with E-state index in [4.69, 9.17) is 21.7 Å². The molecule has 0 bridgehead atoms. The highest BCUT2D eigenvalue weighted by molar-refractivity contribution is 7.80. The number of nitrogens with one attached hydrogen (secondary N) is 2. The lowest BCUT2D eigenvalue weighted by atomic mass is 9.88. The molecule has 0 aliphatic heterocycles. The predicted molar refractivity (Wildman–Crippen MR) is 115 cm³/mol. The van der Waals surface area contributed by atoms with Gasteiger partial charge in [-0.1, -0.05) is 38.0 Å². The summed E-state index contributed by atoms with van der Waals surface area (Å²) in [7, 11) is 3.33. The molecule has 1 fully saturated rings. The molecule has 0 amide bonds. The van der Waals surface area contributed by atoms with Gasteiger partial charge < -0.3 is 20.1 Å². The molecule has 1 aliphatic carbocycles. The second-order valence-electron chi connectivity index (χ2n) is 6.99. The van der Waals surface area contributed by atoms with Crippen LogP contribution in [-0.2, 0) is 12.0 Å². The second-order valence-corrected chi connectivity index (χ2v) is 7.40. The minimum atomic E-state index is -0.174. The summed E-state index contributed by atoms with van der Waals surface area (Å²) in [6, 6.07) is 14.5. The van der Waals surface area contributed by atoms with Crippen LogP contribution in [0.5, 0.6) is 11.5 Å². The lowest BCUT2D eigenvalue weighted by molar-refractivity contribution is 0.350. The van der Waals surface area contributed by atoms with Gasteiger partial charge in [-0.15, -0.1) is 0 Å². The molecule has 1 saturated carbocycles. The van der Waals surface area contributed by atoms with E-state index in [1.807, 2.05) is 6.07 Å². The van der Waals surface area contributed by atoms with Crippen molar-refractivity contribution in [2.45, 2.75) is 44.6 Å². The highest BCUT2D eigenvalue weighted by Gasteiger charge is 2.36. The van der Waals surface area contributed by atoms with Crippen LogP contribution in [0.2, 0.25) is 0 Å². The number of anilines is 1. The standard InChI is InChI=1S/C22H28N2O2S/c1-4-16-7-10-18(11-8-16)23-21(27)24-22(13-5-6-14-22)17-9-12-19(25-2)20(15-17)26-3/h7-12,15H,4-6,13-14H2,1-3H3,(H2,23,24,27). The molecule has 0 aromatic heterocycles. The Labute approximate surface area is 167 Å². The van der Waals surface area contributed by atoms with Gasteiger partial charge >= 0.3 is 0 Å². The zero-order chi connectivity index (χ0) is 19.3. The summed E-state index contributed by atoms with van der Waals surface area (Å²) in [4.78, 5) is 0. The zero-order valence-electron chi connectivity index (χ0n) is 16.3. The SMILES string of the molecule is CCc1ccc(NC(=S)NC2(c3ccc(OC)c(OC)c3)CCCC2)cc1. The van der Waals surface area contributed by atoms with E-state index in [0.29, 0.717) is 5.11 Å². The molecule has 27 heavy (non-hydrogen) atoms. The minimum absolute atomic E-state index is 0.174. The largest absolute Gasteiger partial charge is 0.493 e. The quantitative estimate of drug-likeness (QED) is 0.685. The van der Waals surface area contributed by atoms with Crippen molar-refractivity contribution in [2.24, 2.45) is 0 Å². The summed E-state index contributed by atoms with van der Waals surface area (Å²) in [5.74, 6) is 1.49. The highest BCUT2D eigenvalue weighted by atomic mass is 32.1. The fraction of sp³-hybridized carbons (Fsp3) is 0.409. The van der Waals surface area contributed by atoms with Crippen LogP contribution in [0.25, 0.3) is 0 Å². The normalized spacial score (nSPS) is 15.2. The second kappa shape index (κ2) is 8.61. The Morgan fingerprint density at radius 2 is 1.67 bits per heavy atom. The van der Waals surface area contributed by atoms with Gasteiger partial charge in [0.1, 0.15) is 0 Å². The molecule has 5 heteroatoms. The van der Waals surface area contributed by atoms with E-state index in [0.717, 1.165) is 36.4 Å². The van der Waals surface area contributed by atoms with Gasteiger partial charge in [0.25, 0.3) is 0 Å². The molecule has 2 N–H and O–H groups in total. The van der Waals surface area contributed by atoms with Crippen LogP contribution < -0.4 is 20.1 Å². The molecule has 4 nitrogen and oxygen atoms in total. The molecule has 0 spiro atoms. The number of rotatable bonds is 6. The number of thiocarbonyl (C=S) groups is 1. The maximum Gasteiger partial charge on any atom is 0.171 e. The van der Waals surface area contributed by atoms with E-state index in [2.05, 4.69) is 54.0 Å². The lowest BCUT2D eigenvalue weighted by Crippen LogP contribution is -2.45. The fourth-order valence-electron chi connectivity index (χ4n) is 3.80. The van der Waals surface area contributed by atoms with Crippen LogP contribution in [0.1, 0.15) is 43.7 Å². The molecule has 0 unspecified atom stereocenters. The number of hydrogen-bond acceptors (Lipinski definition) is 3. The van der Waals surface area contributed by atoms with Gasteiger partial charge in [0, 0.05) is 5.69 Å². The van der Waals surface area contributed by atoms with Gasteiger partial charge in [-0.25, -0.2) is 0 Å². The zero-order valence-corrected chi connectivity index (χ0v) is 17.1. The Kier molecular flexibility index (Phi) is 6.22. The van der Waals surface area contributed by atoms with Crippen LogP contribution in [0, 0.1) is 0 Å². The first-order valence-corrected chi connectivity index (χ1v) is 9.91. The average molecular weight is 385 g/mol. The van der Waals surface area contributed by atoms with E-state index in [-0.39, 0.29) is 5.54 Å². The van der Waals surface area contributed by atoms with Crippen molar-refractivity contribution in [1.29, 1.82) is 0 Å². The predicted octanol–water partition coefficient (Wildman–Crippen LogP) is 5.02. The van der Waals surface area contributed by atoms with Gasteiger partial charge in [0.05, 0.1) is 19.8 Å². The van der Waals surface area contributed by atoms with E-state index in [1.165, 1.54) is 24.0 Å². The molecule has 0 saturated heterocycles. The number of hydrogen-bond donors (Lipinski definition) is 2. The lowest BCUT2D eigenvalue weighted by Gasteiger charge is -2.33. The first-order chi connectivity index (χ1) is 13.1. The number of benzene rings is 2. The Bertz CT molecular complexity index is 783. The molecule has 3 rings (SSSR count). The van der Waals surface area contributed by atoms with E-state index < -0.39 is 0 Å². The summed E-state index contributed by atoms with van der Waals surface area (Å²) in [6.07, 6.45) is 5.47. The number of aryl methyl sites for hydroxylation is 1. The number of ether oxygens (including phenoxy) is 2. The van der Waals surface area contributed by atoms with E-state index >= 15 is 0 Å². The molecule has 0 radical (unpaired) electrons. The maximum absolute atomic E-state index is 5.64. The van der Waals surface area contributed by atoms with Crippen LogP contribution in [-0.4, -0.2) is 19.3 Å². The molecular weight excluding hydrogens is 356 g/mol. The van der Waals surface area contributed by atoms with Gasteiger partial charge in [-0.2, -0.15) is 0 Å². The summed E-state index contributed by atoms with van der Waals surface area (Å²) in [5, 5.41) is 7.58. The fourth-order valence-corrected chi connectivity index (χ4v) is 4.11. The topological polar surface area (TPSA) is 42.5 Å². The van der Waals surface area contributed by atoms with Crippen LogP contribution in [0.15, 0.2) is 42.5 Å². The number of methoxy groups -OCH3 is 2. The monoisotopic (exact) mass is 384 g/mol. The van der Waals surface area contributed by atoms with E-state index in [9.17, 15) is 0 Å². The first-order valence-electron chi connectivity index (χ1n) is 9.51. The molecule has 2 aromatic rings. The molecule has 2 aromatic carbocycles. The smallest absolute Gasteiger partial charge is 0.171 e. The van der Waals surface area contributed by atoms with Gasteiger partial charge in [0.15, 0.2) is 16.6 Å². The van der Waals surface area contributed by atoms with Crippen molar-refractivity contribution in [1.82, 2.24) is 5.32 Å². The van der Waals surface area contributed by atoms with Crippen LogP contribution >= 0.6 is 12.2 Å². The van der Waals surface area contributed by atoms with Crippen molar-refractivity contribution in [3.05, 3.63) is 53.6 Å². The highest BCUT2D eigenvalue weighted by Crippen LogP contribution is 2.41. The van der Waals surface area contributed by atoms with E-state index in [1.54, 1.807) is 14.2 Å². The Hall–Kier alpha value is -2.27. The molecule has 144 valence electrons. The molecule has 1 aliphatic rings. The third kappa shape index (κ3) is 4.35. The van der Waals surface area contributed by atoms with Crippen molar-refractivity contribution in [3.63, 3.8) is 0 Å². The maximum atomic E-state index is 5.64. The third-order valence-corrected chi connectivity index (χ3v) is 5.57. The Balaban J connectivity index is 1.79. The summed E-state index contributed by atoms with van der Waals surface area (Å²) in [6.45, 7) is 2.15.